The molecule has 0 spiro atoms. The van der Waals surface area contributed by atoms with Crippen LogP contribution < -0.4 is 5.32 Å². The number of aromatic nitrogens is 1. The maximum Gasteiger partial charge on any atom is 0.244 e. The monoisotopic (exact) mass is 272 g/mol. The van der Waals surface area contributed by atoms with Crippen LogP contribution in [0.25, 0.3) is 6.08 Å². The summed E-state index contributed by atoms with van der Waals surface area (Å²) in [6.07, 6.45) is 4.96. The van der Waals surface area contributed by atoms with Gasteiger partial charge in [-0.25, -0.2) is 4.98 Å². The maximum atomic E-state index is 11.9. The summed E-state index contributed by atoms with van der Waals surface area (Å²) in [6.45, 7) is 3.97. The number of nitrogens with zero attached hydrogens (tertiary/aromatic N) is 1. The summed E-state index contributed by atoms with van der Waals surface area (Å²) in [6, 6.07) is 9.91. The highest BCUT2D eigenvalue weighted by Crippen LogP contribution is 2.19. The van der Waals surface area contributed by atoms with Gasteiger partial charge in [0.1, 0.15) is 5.01 Å². The molecule has 0 saturated heterocycles. The zero-order chi connectivity index (χ0) is 13.7. The highest BCUT2D eigenvalue weighted by molar-refractivity contribution is 7.10. The summed E-state index contributed by atoms with van der Waals surface area (Å²) >= 11 is 1.50. The highest BCUT2D eigenvalue weighted by Gasteiger charge is 2.21. The summed E-state index contributed by atoms with van der Waals surface area (Å²) in [5.41, 5.74) is 0.678. The van der Waals surface area contributed by atoms with E-state index in [1.165, 1.54) is 17.4 Å². The molecule has 1 aromatic carbocycles. The standard InChI is InChI=1S/C15H16N2OS/c1-15(2,12-6-4-3-5-7-12)17-13(18)8-9-14-16-10-11-19-14/h3-11H,1-2H3,(H,17,18)/b9-8+. The van der Waals surface area contributed by atoms with Crippen molar-refractivity contribution in [2.24, 2.45) is 0 Å². The highest BCUT2D eigenvalue weighted by atomic mass is 32.1. The summed E-state index contributed by atoms with van der Waals surface area (Å²) in [7, 11) is 0. The van der Waals surface area contributed by atoms with Crippen molar-refractivity contribution in [2.45, 2.75) is 19.4 Å². The van der Waals surface area contributed by atoms with E-state index >= 15 is 0 Å². The lowest BCUT2D eigenvalue weighted by atomic mass is 9.94. The van der Waals surface area contributed by atoms with Gasteiger partial charge < -0.3 is 5.32 Å². The predicted molar refractivity (Wildman–Crippen MR) is 78.8 cm³/mol. The molecule has 0 bridgehead atoms. The third kappa shape index (κ3) is 3.76. The molecule has 1 aromatic heterocycles. The Hall–Kier alpha value is -1.94. The van der Waals surface area contributed by atoms with Gasteiger partial charge in [-0.3, -0.25) is 4.79 Å². The van der Waals surface area contributed by atoms with Crippen LogP contribution in [0.4, 0.5) is 0 Å². The third-order valence-electron chi connectivity index (χ3n) is 2.76. The second-order valence-corrected chi connectivity index (χ2v) is 5.61. The first-order valence-corrected chi connectivity index (χ1v) is 6.91. The molecule has 4 heteroatoms. The van der Waals surface area contributed by atoms with E-state index in [0.29, 0.717) is 0 Å². The molecule has 0 radical (unpaired) electrons. The molecule has 19 heavy (non-hydrogen) atoms. The lowest BCUT2D eigenvalue weighted by Crippen LogP contribution is -2.40. The molecular formula is C15H16N2OS. The number of hydrogen-bond acceptors (Lipinski definition) is 3. The van der Waals surface area contributed by atoms with Gasteiger partial charge in [-0.15, -0.1) is 11.3 Å². The smallest absolute Gasteiger partial charge is 0.244 e. The van der Waals surface area contributed by atoms with Crippen LogP contribution in [0, 0.1) is 0 Å². The normalized spacial score (nSPS) is 11.7. The molecule has 0 aliphatic rings. The van der Waals surface area contributed by atoms with E-state index in [9.17, 15) is 4.79 Å². The minimum absolute atomic E-state index is 0.121. The van der Waals surface area contributed by atoms with Gasteiger partial charge in [0.2, 0.25) is 5.91 Å². The van der Waals surface area contributed by atoms with E-state index < -0.39 is 5.54 Å². The molecule has 1 amide bonds. The quantitative estimate of drug-likeness (QED) is 0.868. The molecule has 0 saturated carbocycles. The number of nitrogens with one attached hydrogen (secondary N) is 1. The first-order valence-electron chi connectivity index (χ1n) is 6.03. The molecule has 0 aliphatic heterocycles. The lowest BCUT2D eigenvalue weighted by Gasteiger charge is -2.26. The van der Waals surface area contributed by atoms with Crippen LogP contribution >= 0.6 is 11.3 Å². The SMILES string of the molecule is CC(C)(NC(=O)/C=C/c1nccs1)c1ccccc1. The van der Waals surface area contributed by atoms with E-state index in [2.05, 4.69) is 10.3 Å². The van der Waals surface area contributed by atoms with E-state index in [4.69, 9.17) is 0 Å². The van der Waals surface area contributed by atoms with Crippen molar-refractivity contribution in [2.75, 3.05) is 0 Å². The van der Waals surface area contributed by atoms with E-state index in [1.54, 1.807) is 12.3 Å². The Morgan fingerprint density at radius 1 is 1.32 bits per heavy atom. The van der Waals surface area contributed by atoms with Crippen molar-refractivity contribution in [3.05, 3.63) is 58.6 Å². The number of hydrogen-bond donors (Lipinski definition) is 1. The first kappa shape index (κ1) is 13.5. The van der Waals surface area contributed by atoms with Crippen molar-refractivity contribution >= 4 is 23.3 Å². The summed E-state index contributed by atoms with van der Waals surface area (Å²) in [4.78, 5) is 16.0. The summed E-state index contributed by atoms with van der Waals surface area (Å²) in [5, 5.41) is 5.69. The van der Waals surface area contributed by atoms with Crippen molar-refractivity contribution in [1.82, 2.24) is 10.3 Å². The van der Waals surface area contributed by atoms with Gasteiger partial charge in [-0.2, -0.15) is 0 Å². The fourth-order valence-electron chi connectivity index (χ4n) is 1.74. The molecule has 3 nitrogen and oxygen atoms in total. The predicted octanol–water partition coefficient (Wildman–Crippen LogP) is 3.21. The van der Waals surface area contributed by atoms with E-state index in [0.717, 1.165) is 10.6 Å². The van der Waals surface area contributed by atoms with Crippen molar-refractivity contribution in [1.29, 1.82) is 0 Å². The Morgan fingerprint density at radius 2 is 2.05 bits per heavy atom. The number of carbonyl (C=O) groups excluding carboxylic acids is 1. The number of benzene rings is 1. The molecule has 2 rings (SSSR count). The van der Waals surface area contributed by atoms with Crippen LogP contribution in [0.3, 0.4) is 0 Å². The van der Waals surface area contributed by atoms with E-state index in [1.807, 2.05) is 49.6 Å². The second kappa shape index (κ2) is 5.80. The van der Waals surface area contributed by atoms with Gasteiger partial charge in [0.05, 0.1) is 5.54 Å². The Kier molecular flexibility index (Phi) is 4.12. The average Bonchev–Trinajstić information content (AvgIpc) is 2.90. The number of carbonyl (C=O) groups is 1. The van der Waals surface area contributed by atoms with Crippen molar-refractivity contribution in [3.63, 3.8) is 0 Å². The molecule has 1 N–H and O–H groups in total. The summed E-state index contributed by atoms with van der Waals surface area (Å²) in [5.74, 6) is -0.121. The van der Waals surface area contributed by atoms with Gasteiger partial charge in [0.15, 0.2) is 0 Å². The fourth-order valence-corrected chi connectivity index (χ4v) is 2.27. The van der Waals surface area contributed by atoms with Crippen LogP contribution in [0.5, 0.6) is 0 Å². The first-order chi connectivity index (χ1) is 9.08. The molecule has 98 valence electrons. The lowest BCUT2D eigenvalue weighted by molar-refractivity contribution is -0.118. The van der Waals surface area contributed by atoms with Crippen LogP contribution in [0.15, 0.2) is 48.0 Å². The van der Waals surface area contributed by atoms with Gasteiger partial charge >= 0.3 is 0 Å². The Bertz CT molecular complexity index is 559. The van der Waals surface area contributed by atoms with Crippen LogP contribution in [-0.4, -0.2) is 10.9 Å². The Balaban J connectivity index is 2.02. The molecule has 0 unspecified atom stereocenters. The van der Waals surface area contributed by atoms with E-state index in [-0.39, 0.29) is 5.91 Å². The topological polar surface area (TPSA) is 42.0 Å². The van der Waals surface area contributed by atoms with Crippen molar-refractivity contribution < 1.29 is 4.79 Å². The minimum Gasteiger partial charge on any atom is -0.344 e. The van der Waals surface area contributed by atoms with Crippen LogP contribution in [0.2, 0.25) is 0 Å². The summed E-state index contributed by atoms with van der Waals surface area (Å²) < 4.78 is 0. The van der Waals surface area contributed by atoms with Gasteiger partial charge in [-0.05, 0) is 25.5 Å². The van der Waals surface area contributed by atoms with Gasteiger partial charge in [-0.1, -0.05) is 30.3 Å². The molecule has 2 aromatic rings. The van der Waals surface area contributed by atoms with Gasteiger partial charge in [0.25, 0.3) is 0 Å². The number of rotatable bonds is 4. The van der Waals surface area contributed by atoms with Crippen LogP contribution in [-0.2, 0) is 10.3 Å². The second-order valence-electron chi connectivity index (χ2n) is 4.68. The average molecular weight is 272 g/mol. The molecule has 0 atom stereocenters. The van der Waals surface area contributed by atoms with Gasteiger partial charge in [0, 0.05) is 17.7 Å². The Morgan fingerprint density at radius 3 is 2.68 bits per heavy atom. The zero-order valence-corrected chi connectivity index (χ0v) is 11.8. The number of thiazole rings is 1. The molecule has 0 fully saturated rings. The van der Waals surface area contributed by atoms with Crippen molar-refractivity contribution in [3.8, 4) is 0 Å². The molecule has 0 aliphatic carbocycles. The maximum absolute atomic E-state index is 11.9. The Labute approximate surface area is 117 Å². The molecule has 1 heterocycles. The van der Waals surface area contributed by atoms with Crippen LogP contribution in [0.1, 0.15) is 24.4 Å². The fraction of sp³-hybridized carbons (Fsp3) is 0.200. The third-order valence-corrected chi connectivity index (χ3v) is 3.50. The number of amides is 1. The zero-order valence-electron chi connectivity index (χ0n) is 11.0. The largest absolute Gasteiger partial charge is 0.344 e. The minimum atomic E-state index is -0.397. The molecular weight excluding hydrogens is 256 g/mol.